The van der Waals surface area contributed by atoms with E-state index < -0.39 is 0 Å². The lowest BCUT2D eigenvalue weighted by Crippen LogP contribution is -2.41. The molecule has 1 aliphatic heterocycles. The zero-order valence-corrected chi connectivity index (χ0v) is 9.84. The van der Waals surface area contributed by atoms with E-state index in [2.05, 4.69) is 20.8 Å². The summed E-state index contributed by atoms with van der Waals surface area (Å²) in [5, 5.41) is 0. The maximum absolute atomic E-state index is 5.83. The van der Waals surface area contributed by atoms with Crippen molar-refractivity contribution in [2.75, 3.05) is 6.61 Å². The van der Waals surface area contributed by atoms with Gasteiger partial charge in [-0.1, -0.05) is 26.2 Å². The molecule has 0 radical (unpaired) electrons. The van der Waals surface area contributed by atoms with Gasteiger partial charge in [0.1, 0.15) is 0 Å². The predicted molar refractivity (Wildman–Crippen MR) is 58.3 cm³/mol. The van der Waals surface area contributed by atoms with E-state index in [1.165, 1.54) is 25.7 Å². The number of unbranched alkanes of at least 4 members (excludes halogenated alkanes) is 3. The highest BCUT2D eigenvalue weighted by molar-refractivity contribution is 4.70. The van der Waals surface area contributed by atoms with Gasteiger partial charge in [-0.3, -0.25) is 0 Å². The number of ether oxygens (including phenoxy) is 2. The molecular formula is C12H24O2. The molecule has 2 atom stereocenters. The molecule has 1 aliphatic rings. The van der Waals surface area contributed by atoms with Gasteiger partial charge in [0.2, 0.25) is 0 Å². The van der Waals surface area contributed by atoms with E-state index in [1.54, 1.807) is 0 Å². The van der Waals surface area contributed by atoms with Crippen molar-refractivity contribution in [3.63, 3.8) is 0 Å². The molecule has 0 aromatic heterocycles. The molecule has 0 aliphatic carbocycles. The summed E-state index contributed by atoms with van der Waals surface area (Å²) >= 11 is 0. The largest absolute Gasteiger partial charge is 0.350 e. The normalized spacial score (nSPS) is 33.2. The number of hydrogen-bond donors (Lipinski definition) is 0. The van der Waals surface area contributed by atoms with Crippen molar-refractivity contribution >= 4 is 0 Å². The van der Waals surface area contributed by atoms with Crippen molar-refractivity contribution in [1.82, 2.24) is 0 Å². The number of hydrogen-bond acceptors (Lipinski definition) is 2. The van der Waals surface area contributed by atoms with Crippen LogP contribution in [0.5, 0.6) is 0 Å². The van der Waals surface area contributed by atoms with Crippen LogP contribution in [-0.2, 0) is 9.47 Å². The Kier molecular flexibility index (Phi) is 4.90. The predicted octanol–water partition coefficient (Wildman–Crippen LogP) is 3.50. The summed E-state index contributed by atoms with van der Waals surface area (Å²) in [4.78, 5) is 0. The van der Waals surface area contributed by atoms with Crippen molar-refractivity contribution in [2.45, 2.75) is 71.2 Å². The van der Waals surface area contributed by atoms with Gasteiger partial charge in [0.25, 0.3) is 0 Å². The van der Waals surface area contributed by atoms with E-state index in [-0.39, 0.29) is 5.79 Å². The van der Waals surface area contributed by atoms with E-state index in [0.717, 1.165) is 19.4 Å². The Labute approximate surface area is 88.0 Å². The quantitative estimate of drug-likeness (QED) is 0.632. The van der Waals surface area contributed by atoms with Crippen molar-refractivity contribution in [3.8, 4) is 0 Å². The van der Waals surface area contributed by atoms with E-state index in [4.69, 9.17) is 9.47 Å². The van der Waals surface area contributed by atoms with Crippen LogP contribution in [0.25, 0.3) is 0 Å². The van der Waals surface area contributed by atoms with Crippen LogP contribution in [0.1, 0.15) is 59.3 Å². The average Bonchev–Trinajstić information content (AvgIpc) is 2.12. The van der Waals surface area contributed by atoms with Crippen LogP contribution in [0.3, 0.4) is 0 Å². The lowest BCUT2D eigenvalue weighted by atomic mass is 10.1. The molecule has 1 rings (SSSR count). The molecule has 0 amide bonds. The van der Waals surface area contributed by atoms with Crippen molar-refractivity contribution in [3.05, 3.63) is 0 Å². The number of rotatable bonds is 5. The van der Waals surface area contributed by atoms with Crippen LogP contribution in [-0.4, -0.2) is 18.5 Å². The molecule has 1 heterocycles. The molecule has 14 heavy (non-hydrogen) atoms. The third kappa shape index (κ3) is 3.97. The first-order valence-corrected chi connectivity index (χ1v) is 5.98. The fraction of sp³-hybridized carbons (Fsp3) is 1.00. The Morgan fingerprint density at radius 3 is 2.71 bits per heavy atom. The van der Waals surface area contributed by atoms with E-state index >= 15 is 0 Å². The third-order valence-corrected chi connectivity index (χ3v) is 2.87. The van der Waals surface area contributed by atoms with Crippen LogP contribution in [0.2, 0.25) is 0 Å². The first kappa shape index (κ1) is 12.0. The average molecular weight is 200 g/mol. The monoisotopic (exact) mass is 200 g/mol. The van der Waals surface area contributed by atoms with Crippen molar-refractivity contribution < 1.29 is 9.47 Å². The van der Waals surface area contributed by atoms with Gasteiger partial charge in [-0.25, -0.2) is 0 Å². The standard InChI is InChI=1S/C12H24O2/c1-4-5-6-7-9-12(3)13-10-8-11(2)14-12/h11H,4-10H2,1-3H3. The second-order valence-corrected chi connectivity index (χ2v) is 4.51. The Bertz CT molecular complexity index is 158. The SMILES string of the molecule is CCCCCCC1(C)OCCC(C)O1. The maximum Gasteiger partial charge on any atom is 0.165 e. The molecule has 2 heteroatoms. The summed E-state index contributed by atoms with van der Waals surface area (Å²) in [5.74, 6) is -0.300. The molecule has 84 valence electrons. The molecule has 0 saturated carbocycles. The van der Waals surface area contributed by atoms with Crippen LogP contribution >= 0.6 is 0 Å². The second-order valence-electron chi connectivity index (χ2n) is 4.51. The summed E-state index contributed by atoms with van der Waals surface area (Å²) in [6, 6.07) is 0. The molecule has 1 fully saturated rings. The summed E-state index contributed by atoms with van der Waals surface area (Å²) in [6.45, 7) is 7.30. The molecule has 1 saturated heterocycles. The Balaban J connectivity index is 2.19. The fourth-order valence-electron chi connectivity index (χ4n) is 1.96. The minimum absolute atomic E-state index is 0.300. The zero-order chi connectivity index (χ0) is 10.4. The van der Waals surface area contributed by atoms with Gasteiger partial charge < -0.3 is 9.47 Å². The first-order valence-electron chi connectivity index (χ1n) is 5.98. The molecule has 0 spiro atoms. The minimum atomic E-state index is -0.300. The minimum Gasteiger partial charge on any atom is -0.350 e. The van der Waals surface area contributed by atoms with Crippen LogP contribution in [0.15, 0.2) is 0 Å². The maximum atomic E-state index is 5.83. The van der Waals surface area contributed by atoms with Crippen molar-refractivity contribution in [1.29, 1.82) is 0 Å². The lowest BCUT2D eigenvalue weighted by molar-refractivity contribution is -0.283. The zero-order valence-electron chi connectivity index (χ0n) is 9.84. The van der Waals surface area contributed by atoms with E-state index in [9.17, 15) is 0 Å². The van der Waals surface area contributed by atoms with Gasteiger partial charge in [-0.05, 0) is 26.7 Å². The second kappa shape index (κ2) is 5.72. The van der Waals surface area contributed by atoms with Gasteiger partial charge in [-0.2, -0.15) is 0 Å². The van der Waals surface area contributed by atoms with E-state index in [1.807, 2.05) is 0 Å². The van der Waals surface area contributed by atoms with Crippen LogP contribution in [0, 0.1) is 0 Å². The summed E-state index contributed by atoms with van der Waals surface area (Å²) < 4.78 is 11.5. The van der Waals surface area contributed by atoms with Crippen LogP contribution in [0.4, 0.5) is 0 Å². The van der Waals surface area contributed by atoms with Crippen LogP contribution < -0.4 is 0 Å². The van der Waals surface area contributed by atoms with Gasteiger partial charge in [0.15, 0.2) is 5.79 Å². The summed E-state index contributed by atoms with van der Waals surface area (Å²) in [6.07, 6.45) is 7.56. The Morgan fingerprint density at radius 2 is 2.07 bits per heavy atom. The molecular weight excluding hydrogens is 176 g/mol. The van der Waals surface area contributed by atoms with Gasteiger partial charge in [0.05, 0.1) is 12.7 Å². The van der Waals surface area contributed by atoms with Gasteiger partial charge >= 0.3 is 0 Å². The highest BCUT2D eigenvalue weighted by Gasteiger charge is 2.31. The molecule has 2 nitrogen and oxygen atoms in total. The summed E-state index contributed by atoms with van der Waals surface area (Å²) in [5.41, 5.74) is 0. The smallest absolute Gasteiger partial charge is 0.165 e. The molecule has 0 aromatic carbocycles. The van der Waals surface area contributed by atoms with E-state index in [0.29, 0.717) is 6.10 Å². The lowest BCUT2D eigenvalue weighted by Gasteiger charge is -2.37. The van der Waals surface area contributed by atoms with Crippen molar-refractivity contribution in [2.24, 2.45) is 0 Å². The van der Waals surface area contributed by atoms with Gasteiger partial charge in [-0.15, -0.1) is 0 Å². The van der Waals surface area contributed by atoms with Gasteiger partial charge in [0, 0.05) is 6.42 Å². The molecule has 0 bridgehead atoms. The molecule has 0 aromatic rings. The molecule has 0 N–H and O–H groups in total. The third-order valence-electron chi connectivity index (χ3n) is 2.87. The first-order chi connectivity index (χ1) is 6.66. The molecule has 2 unspecified atom stereocenters. The summed E-state index contributed by atoms with van der Waals surface area (Å²) in [7, 11) is 0. The Hall–Kier alpha value is -0.0800. The Morgan fingerprint density at radius 1 is 1.29 bits per heavy atom. The topological polar surface area (TPSA) is 18.5 Å². The highest BCUT2D eigenvalue weighted by Crippen LogP contribution is 2.27. The fourth-order valence-corrected chi connectivity index (χ4v) is 1.96. The highest BCUT2D eigenvalue weighted by atomic mass is 16.7.